The summed E-state index contributed by atoms with van der Waals surface area (Å²) >= 11 is 6.17. The molecule has 0 bridgehead atoms. The Balaban J connectivity index is 1.49. The molecule has 0 saturated carbocycles. The van der Waals surface area contributed by atoms with Gasteiger partial charge in [-0.1, -0.05) is 35.0 Å². The standard InChI is InChI=1S/C20H17ClN2O4/c1-23(12-13-6-7-17-19(10-13)26-9-8-25-17)20(24)16-11-18(27-22-16)14-4-2-3-5-15(14)21/h2-7,10-11H,8-9,12H2,1H3. The van der Waals surface area contributed by atoms with E-state index in [9.17, 15) is 4.79 Å². The average Bonchev–Trinajstić information content (AvgIpc) is 3.17. The maximum atomic E-state index is 12.7. The van der Waals surface area contributed by atoms with Crippen LogP contribution in [-0.2, 0) is 6.54 Å². The van der Waals surface area contributed by atoms with Crippen LogP contribution < -0.4 is 9.47 Å². The molecule has 0 N–H and O–H groups in total. The Kier molecular flexibility index (Phi) is 4.73. The van der Waals surface area contributed by atoms with E-state index in [-0.39, 0.29) is 11.6 Å². The van der Waals surface area contributed by atoms with Crippen LogP contribution in [0.5, 0.6) is 11.5 Å². The van der Waals surface area contributed by atoms with Gasteiger partial charge in [-0.25, -0.2) is 0 Å². The van der Waals surface area contributed by atoms with Gasteiger partial charge in [0.05, 0.1) is 5.02 Å². The summed E-state index contributed by atoms with van der Waals surface area (Å²) in [6.45, 7) is 1.48. The Labute approximate surface area is 161 Å². The normalized spacial score (nSPS) is 12.7. The van der Waals surface area contributed by atoms with Gasteiger partial charge in [0, 0.05) is 25.2 Å². The lowest BCUT2D eigenvalue weighted by Gasteiger charge is -2.20. The first-order valence-corrected chi connectivity index (χ1v) is 8.85. The van der Waals surface area contributed by atoms with Gasteiger partial charge in [0.25, 0.3) is 5.91 Å². The molecule has 1 amide bonds. The van der Waals surface area contributed by atoms with Crippen molar-refractivity contribution in [1.29, 1.82) is 0 Å². The van der Waals surface area contributed by atoms with Crippen LogP contribution in [-0.4, -0.2) is 36.2 Å². The number of nitrogens with zero attached hydrogens (tertiary/aromatic N) is 2. The molecule has 0 saturated heterocycles. The number of hydrogen-bond acceptors (Lipinski definition) is 5. The van der Waals surface area contributed by atoms with Gasteiger partial charge < -0.3 is 18.9 Å². The molecule has 0 spiro atoms. The minimum Gasteiger partial charge on any atom is -0.486 e. The number of rotatable bonds is 4. The molecule has 138 valence electrons. The van der Waals surface area contributed by atoms with E-state index in [4.69, 9.17) is 25.6 Å². The van der Waals surface area contributed by atoms with Crippen LogP contribution in [0.25, 0.3) is 11.3 Å². The molecule has 3 aromatic rings. The lowest BCUT2D eigenvalue weighted by atomic mass is 10.1. The zero-order valence-corrected chi connectivity index (χ0v) is 15.4. The number of carbonyl (C=O) groups is 1. The van der Waals surface area contributed by atoms with E-state index in [1.807, 2.05) is 36.4 Å². The molecule has 2 heterocycles. The number of ether oxygens (including phenoxy) is 2. The smallest absolute Gasteiger partial charge is 0.276 e. The maximum Gasteiger partial charge on any atom is 0.276 e. The van der Waals surface area contributed by atoms with E-state index in [2.05, 4.69) is 5.16 Å². The monoisotopic (exact) mass is 384 g/mol. The fourth-order valence-electron chi connectivity index (χ4n) is 2.89. The summed E-state index contributed by atoms with van der Waals surface area (Å²) in [5.41, 5.74) is 1.86. The number of hydrogen-bond donors (Lipinski definition) is 0. The molecule has 0 radical (unpaired) electrons. The Hall–Kier alpha value is -2.99. The average molecular weight is 385 g/mol. The van der Waals surface area contributed by atoms with E-state index in [1.54, 1.807) is 24.1 Å². The molecular weight excluding hydrogens is 368 g/mol. The summed E-state index contributed by atoms with van der Waals surface area (Å²) in [6.07, 6.45) is 0. The Bertz CT molecular complexity index is 986. The van der Waals surface area contributed by atoms with Crippen molar-refractivity contribution in [3.63, 3.8) is 0 Å². The van der Waals surface area contributed by atoms with Crippen molar-refractivity contribution in [2.45, 2.75) is 6.54 Å². The number of halogens is 1. The second kappa shape index (κ2) is 7.32. The van der Waals surface area contributed by atoms with Crippen LogP contribution in [0.15, 0.2) is 53.1 Å². The van der Waals surface area contributed by atoms with Gasteiger partial charge in [0.1, 0.15) is 13.2 Å². The highest BCUT2D eigenvalue weighted by Gasteiger charge is 2.20. The number of carbonyl (C=O) groups excluding carboxylic acids is 1. The van der Waals surface area contributed by atoms with Crippen molar-refractivity contribution >= 4 is 17.5 Å². The van der Waals surface area contributed by atoms with E-state index in [0.29, 0.717) is 41.9 Å². The van der Waals surface area contributed by atoms with Crippen LogP contribution in [0.3, 0.4) is 0 Å². The first-order valence-electron chi connectivity index (χ1n) is 8.47. The SMILES string of the molecule is CN(Cc1ccc2c(c1)OCCO2)C(=O)c1cc(-c2ccccc2Cl)on1. The molecule has 0 aliphatic carbocycles. The number of fused-ring (bicyclic) bond motifs is 1. The topological polar surface area (TPSA) is 64.8 Å². The molecule has 1 aliphatic heterocycles. The zero-order chi connectivity index (χ0) is 18.8. The molecular formula is C20H17ClN2O4. The predicted molar refractivity (Wildman–Crippen MR) is 100 cm³/mol. The summed E-state index contributed by atoms with van der Waals surface area (Å²) in [6, 6.07) is 14.5. The highest BCUT2D eigenvalue weighted by molar-refractivity contribution is 6.33. The summed E-state index contributed by atoms with van der Waals surface area (Å²) in [4.78, 5) is 14.3. The van der Waals surface area contributed by atoms with Gasteiger partial charge >= 0.3 is 0 Å². The number of amides is 1. The van der Waals surface area contributed by atoms with Crippen LogP contribution >= 0.6 is 11.6 Å². The van der Waals surface area contributed by atoms with Crippen molar-refractivity contribution in [3.8, 4) is 22.8 Å². The third-order valence-corrected chi connectivity index (χ3v) is 4.57. The summed E-state index contributed by atoms with van der Waals surface area (Å²) in [7, 11) is 1.71. The first-order chi connectivity index (χ1) is 13.1. The fourth-order valence-corrected chi connectivity index (χ4v) is 3.12. The van der Waals surface area contributed by atoms with Crippen LogP contribution in [0.4, 0.5) is 0 Å². The van der Waals surface area contributed by atoms with Gasteiger partial charge in [0.15, 0.2) is 23.0 Å². The molecule has 2 aromatic carbocycles. The van der Waals surface area contributed by atoms with Crippen molar-refractivity contribution in [2.75, 3.05) is 20.3 Å². The molecule has 6 nitrogen and oxygen atoms in total. The lowest BCUT2D eigenvalue weighted by Crippen LogP contribution is -2.26. The zero-order valence-electron chi connectivity index (χ0n) is 14.6. The van der Waals surface area contributed by atoms with Crippen LogP contribution in [0, 0.1) is 0 Å². The second-order valence-corrected chi connectivity index (χ2v) is 6.60. The first kappa shape index (κ1) is 17.4. The van der Waals surface area contributed by atoms with Crippen molar-refractivity contribution in [2.24, 2.45) is 0 Å². The van der Waals surface area contributed by atoms with Crippen molar-refractivity contribution in [3.05, 3.63) is 64.8 Å². The highest BCUT2D eigenvalue weighted by atomic mass is 35.5. The molecule has 27 heavy (non-hydrogen) atoms. The maximum absolute atomic E-state index is 12.7. The largest absolute Gasteiger partial charge is 0.486 e. The third kappa shape index (κ3) is 3.61. The number of benzene rings is 2. The van der Waals surface area contributed by atoms with Gasteiger partial charge in [-0.15, -0.1) is 0 Å². The lowest BCUT2D eigenvalue weighted by molar-refractivity contribution is 0.0774. The van der Waals surface area contributed by atoms with Crippen molar-refractivity contribution in [1.82, 2.24) is 10.1 Å². The molecule has 1 aliphatic rings. The molecule has 0 atom stereocenters. The van der Waals surface area contributed by atoms with Crippen LogP contribution in [0.1, 0.15) is 16.1 Å². The van der Waals surface area contributed by atoms with Gasteiger partial charge in [-0.3, -0.25) is 4.79 Å². The van der Waals surface area contributed by atoms with E-state index >= 15 is 0 Å². The molecule has 0 unspecified atom stereocenters. The third-order valence-electron chi connectivity index (χ3n) is 4.24. The number of aromatic nitrogens is 1. The quantitative estimate of drug-likeness (QED) is 0.679. The summed E-state index contributed by atoms with van der Waals surface area (Å²) < 4.78 is 16.4. The Morgan fingerprint density at radius 2 is 1.89 bits per heavy atom. The molecule has 4 rings (SSSR count). The minimum atomic E-state index is -0.244. The molecule has 7 heteroatoms. The highest BCUT2D eigenvalue weighted by Crippen LogP contribution is 2.31. The molecule has 1 aromatic heterocycles. The second-order valence-electron chi connectivity index (χ2n) is 6.20. The Morgan fingerprint density at radius 3 is 2.70 bits per heavy atom. The van der Waals surface area contributed by atoms with E-state index < -0.39 is 0 Å². The molecule has 0 fully saturated rings. The van der Waals surface area contributed by atoms with E-state index in [0.717, 1.165) is 11.3 Å². The Morgan fingerprint density at radius 1 is 1.11 bits per heavy atom. The summed E-state index contributed by atoms with van der Waals surface area (Å²) in [5, 5.41) is 4.44. The van der Waals surface area contributed by atoms with Crippen molar-refractivity contribution < 1.29 is 18.8 Å². The van der Waals surface area contributed by atoms with E-state index in [1.165, 1.54) is 0 Å². The van der Waals surface area contributed by atoms with Gasteiger partial charge in [-0.2, -0.15) is 0 Å². The minimum absolute atomic E-state index is 0.227. The summed E-state index contributed by atoms with van der Waals surface area (Å²) in [5.74, 6) is 1.63. The predicted octanol–water partition coefficient (Wildman–Crippen LogP) is 4.04. The fraction of sp³-hybridized carbons (Fsp3) is 0.200. The van der Waals surface area contributed by atoms with Gasteiger partial charge in [-0.05, 0) is 29.8 Å². The van der Waals surface area contributed by atoms with Gasteiger partial charge in [0.2, 0.25) is 0 Å². The van der Waals surface area contributed by atoms with Crippen LogP contribution in [0.2, 0.25) is 5.02 Å².